The number of aliphatic hydroxyl groups excluding tert-OH is 1. The highest BCUT2D eigenvalue weighted by molar-refractivity contribution is 5.43. The molecule has 4 nitrogen and oxygen atoms in total. The van der Waals surface area contributed by atoms with E-state index in [1.54, 1.807) is 25.3 Å². The summed E-state index contributed by atoms with van der Waals surface area (Å²) in [6.07, 6.45) is -0.401. The first-order chi connectivity index (χ1) is 11.2. The summed E-state index contributed by atoms with van der Waals surface area (Å²) in [5, 5.41) is 19.0. The van der Waals surface area contributed by atoms with Gasteiger partial charge < -0.3 is 14.6 Å². The van der Waals surface area contributed by atoms with E-state index in [2.05, 4.69) is 6.07 Å². The first kappa shape index (κ1) is 16.9. The minimum atomic E-state index is -0.702. The maximum absolute atomic E-state index is 10.3. The number of hydrogen-bond donors (Lipinski definition) is 1. The van der Waals surface area contributed by atoms with E-state index in [4.69, 9.17) is 14.7 Å². The van der Waals surface area contributed by atoms with E-state index >= 15 is 0 Å². The maximum Gasteiger partial charge on any atom is 0.161 e. The molecule has 0 radical (unpaired) electrons. The fourth-order valence-electron chi connectivity index (χ4n) is 2.31. The summed E-state index contributed by atoms with van der Waals surface area (Å²) in [5.74, 6) is 1.06. The molecule has 0 aromatic heterocycles. The third-order valence-electron chi connectivity index (χ3n) is 3.72. The molecule has 4 heteroatoms. The topological polar surface area (TPSA) is 62.5 Å². The Morgan fingerprint density at radius 2 is 1.87 bits per heavy atom. The number of rotatable bonds is 7. The zero-order valence-electron chi connectivity index (χ0n) is 13.4. The van der Waals surface area contributed by atoms with Crippen LogP contribution in [0.3, 0.4) is 0 Å². The molecule has 0 saturated carbocycles. The first-order valence-electron chi connectivity index (χ1n) is 7.55. The van der Waals surface area contributed by atoms with E-state index in [1.165, 1.54) is 0 Å². The van der Waals surface area contributed by atoms with Crippen LogP contribution in [0.25, 0.3) is 0 Å². The number of benzene rings is 2. The highest BCUT2D eigenvalue weighted by Gasteiger charge is 2.18. The molecule has 0 aliphatic heterocycles. The van der Waals surface area contributed by atoms with Crippen molar-refractivity contribution >= 4 is 0 Å². The number of nitrogens with zero attached hydrogens (tertiary/aromatic N) is 1. The van der Waals surface area contributed by atoms with Crippen molar-refractivity contribution < 1.29 is 14.6 Å². The summed E-state index contributed by atoms with van der Waals surface area (Å²) in [5.41, 5.74) is 1.79. The number of ether oxygens (including phenoxy) is 2. The normalized spacial score (nSPS) is 13.0. The van der Waals surface area contributed by atoms with Crippen LogP contribution >= 0.6 is 0 Å². The molecule has 0 heterocycles. The molecule has 0 aliphatic carbocycles. The van der Waals surface area contributed by atoms with Crippen molar-refractivity contribution in [3.05, 3.63) is 59.7 Å². The Morgan fingerprint density at radius 3 is 2.52 bits per heavy atom. The molecule has 2 aromatic rings. The van der Waals surface area contributed by atoms with Gasteiger partial charge >= 0.3 is 0 Å². The lowest BCUT2D eigenvalue weighted by Crippen LogP contribution is -2.09. The van der Waals surface area contributed by atoms with Crippen LogP contribution in [0.15, 0.2) is 48.5 Å². The van der Waals surface area contributed by atoms with Gasteiger partial charge in [0.1, 0.15) is 6.61 Å². The highest BCUT2D eigenvalue weighted by Crippen LogP contribution is 2.33. The molecule has 0 amide bonds. The summed E-state index contributed by atoms with van der Waals surface area (Å²) in [6, 6.07) is 17.3. The second-order valence-electron chi connectivity index (χ2n) is 5.47. The van der Waals surface area contributed by atoms with Crippen molar-refractivity contribution in [1.29, 1.82) is 5.26 Å². The number of aliphatic hydroxyl groups is 1. The molecule has 1 N–H and O–H groups in total. The number of methoxy groups -OCH3 is 1. The van der Waals surface area contributed by atoms with Crippen molar-refractivity contribution in [2.24, 2.45) is 5.92 Å². The third-order valence-corrected chi connectivity index (χ3v) is 3.72. The molecule has 120 valence electrons. The molecule has 23 heavy (non-hydrogen) atoms. The molecule has 1 unspecified atom stereocenters. The van der Waals surface area contributed by atoms with Gasteiger partial charge in [0.15, 0.2) is 11.5 Å². The van der Waals surface area contributed by atoms with E-state index in [-0.39, 0.29) is 5.92 Å². The zero-order valence-corrected chi connectivity index (χ0v) is 13.4. The molecule has 0 spiro atoms. The highest BCUT2D eigenvalue weighted by atomic mass is 16.5. The summed E-state index contributed by atoms with van der Waals surface area (Å²) < 4.78 is 11.2. The molecule has 0 saturated heterocycles. The Balaban J connectivity index is 2.12. The minimum absolute atomic E-state index is 0.138. The monoisotopic (exact) mass is 311 g/mol. The van der Waals surface area contributed by atoms with Crippen LogP contribution in [0.2, 0.25) is 0 Å². The summed E-state index contributed by atoms with van der Waals surface area (Å²) in [6.45, 7) is 2.30. The summed E-state index contributed by atoms with van der Waals surface area (Å²) in [7, 11) is 1.57. The van der Waals surface area contributed by atoms with Crippen LogP contribution in [-0.2, 0) is 6.61 Å². The SMILES string of the molecule is COc1cc(C(O)[C@H](C)CC#N)ccc1OCc1ccccc1. The van der Waals surface area contributed by atoms with E-state index in [0.717, 1.165) is 11.1 Å². The van der Waals surface area contributed by atoms with Crippen molar-refractivity contribution in [1.82, 2.24) is 0 Å². The third kappa shape index (κ3) is 4.48. The minimum Gasteiger partial charge on any atom is -0.493 e. The Kier molecular flexibility index (Phi) is 6.02. The molecule has 0 bridgehead atoms. The lowest BCUT2D eigenvalue weighted by Gasteiger charge is -2.18. The molecular formula is C19H21NO3. The van der Waals surface area contributed by atoms with Crippen molar-refractivity contribution in [3.63, 3.8) is 0 Å². The van der Waals surface area contributed by atoms with Crippen LogP contribution < -0.4 is 9.47 Å². The van der Waals surface area contributed by atoms with Gasteiger partial charge in [-0.25, -0.2) is 0 Å². The van der Waals surface area contributed by atoms with E-state index in [0.29, 0.717) is 24.5 Å². The van der Waals surface area contributed by atoms with Crippen LogP contribution in [0.5, 0.6) is 11.5 Å². The predicted octanol–water partition coefficient (Wildman–Crippen LogP) is 3.86. The summed E-state index contributed by atoms with van der Waals surface area (Å²) >= 11 is 0. The van der Waals surface area contributed by atoms with Gasteiger partial charge in [0, 0.05) is 6.42 Å². The second kappa shape index (κ2) is 8.21. The van der Waals surface area contributed by atoms with Crippen LogP contribution in [0.4, 0.5) is 0 Å². The molecule has 2 atom stereocenters. The first-order valence-corrected chi connectivity index (χ1v) is 7.55. The lowest BCUT2D eigenvalue weighted by molar-refractivity contribution is 0.119. The Hall–Kier alpha value is -2.51. The van der Waals surface area contributed by atoms with Crippen LogP contribution in [0, 0.1) is 17.2 Å². The van der Waals surface area contributed by atoms with Gasteiger partial charge in [-0.1, -0.05) is 43.3 Å². The number of nitriles is 1. The van der Waals surface area contributed by atoms with Crippen LogP contribution in [0.1, 0.15) is 30.6 Å². The maximum atomic E-state index is 10.3. The molecule has 0 fully saturated rings. The quantitative estimate of drug-likeness (QED) is 0.843. The fourth-order valence-corrected chi connectivity index (χ4v) is 2.31. The van der Waals surface area contributed by atoms with Gasteiger partial charge in [-0.15, -0.1) is 0 Å². The summed E-state index contributed by atoms with van der Waals surface area (Å²) in [4.78, 5) is 0. The predicted molar refractivity (Wildman–Crippen MR) is 88.1 cm³/mol. The smallest absolute Gasteiger partial charge is 0.161 e. The van der Waals surface area contributed by atoms with E-state index in [1.807, 2.05) is 37.3 Å². The molecule has 2 rings (SSSR count). The average Bonchev–Trinajstić information content (AvgIpc) is 2.60. The molecular weight excluding hydrogens is 290 g/mol. The van der Waals surface area contributed by atoms with E-state index < -0.39 is 6.10 Å². The van der Waals surface area contributed by atoms with Gasteiger partial charge in [0.25, 0.3) is 0 Å². The Morgan fingerprint density at radius 1 is 1.13 bits per heavy atom. The van der Waals surface area contributed by atoms with Gasteiger partial charge in [0.05, 0.1) is 19.3 Å². The van der Waals surface area contributed by atoms with Gasteiger partial charge in [-0.3, -0.25) is 0 Å². The van der Waals surface area contributed by atoms with Gasteiger partial charge in [-0.05, 0) is 29.2 Å². The average molecular weight is 311 g/mol. The van der Waals surface area contributed by atoms with E-state index in [9.17, 15) is 5.11 Å². The largest absolute Gasteiger partial charge is 0.493 e. The Labute approximate surface area is 136 Å². The molecule has 0 aliphatic rings. The Bertz CT molecular complexity index is 664. The van der Waals surface area contributed by atoms with Gasteiger partial charge in [0.2, 0.25) is 0 Å². The van der Waals surface area contributed by atoms with Crippen molar-refractivity contribution in [2.75, 3.05) is 7.11 Å². The molecule has 2 aromatic carbocycles. The van der Waals surface area contributed by atoms with Crippen molar-refractivity contribution in [3.8, 4) is 17.6 Å². The standard InChI is InChI=1S/C19H21NO3/c1-14(10-11-20)19(21)16-8-9-17(18(12-16)22-2)23-13-15-6-4-3-5-7-15/h3-9,12,14,19,21H,10,13H2,1-2H3/t14-,19?/m1/s1. The van der Waals surface area contributed by atoms with Gasteiger partial charge in [-0.2, -0.15) is 5.26 Å². The van der Waals surface area contributed by atoms with Crippen molar-refractivity contribution in [2.45, 2.75) is 26.1 Å². The number of hydrogen-bond acceptors (Lipinski definition) is 4. The second-order valence-corrected chi connectivity index (χ2v) is 5.47. The lowest BCUT2D eigenvalue weighted by atomic mass is 9.95. The zero-order chi connectivity index (χ0) is 16.7. The van der Waals surface area contributed by atoms with Crippen LogP contribution in [-0.4, -0.2) is 12.2 Å². The fraction of sp³-hybridized carbons (Fsp3) is 0.316.